The normalized spacial score (nSPS) is 13.2. The minimum atomic E-state index is -1.10. The fourth-order valence-electron chi connectivity index (χ4n) is 0.881. The van der Waals surface area contributed by atoms with E-state index < -0.39 is 10.8 Å². The summed E-state index contributed by atoms with van der Waals surface area (Å²) in [4.78, 5) is 0.521. The van der Waals surface area contributed by atoms with E-state index in [1.165, 1.54) is 0 Å². The average Bonchev–Trinajstić information content (AvgIpc) is 2.04. The Bertz CT molecular complexity index is 294. The Morgan fingerprint density at radius 3 is 2.42 bits per heavy atom. The molecule has 2 nitrogen and oxygen atoms in total. The van der Waals surface area contributed by atoms with Gasteiger partial charge in [0.2, 0.25) is 0 Å². The molecule has 66 valence electrons. The fourth-order valence-corrected chi connectivity index (χ4v) is 1.88. The topological polar surface area (TPSA) is 37.3 Å². The Hall–Kier alpha value is -0.830. The van der Waals surface area contributed by atoms with Gasteiger partial charge in [0, 0.05) is 5.25 Å². The van der Waals surface area contributed by atoms with Gasteiger partial charge in [-0.1, -0.05) is 26.0 Å². The molecule has 0 aliphatic carbocycles. The lowest BCUT2D eigenvalue weighted by Crippen LogP contribution is -2.05. The van der Waals surface area contributed by atoms with Crippen LogP contribution in [0.15, 0.2) is 29.2 Å². The van der Waals surface area contributed by atoms with Crippen LogP contribution >= 0.6 is 0 Å². The second-order valence-electron chi connectivity index (χ2n) is 2.81. The third kappa shape index (κ3) is 1.85. The van der Waals surface area contributed by atoms with Crippen molar-refractivity contribution in [2.45, 2.75) is 24.0 Å². The highest BCUT2D eigenvalue weighted by Gasteiger charge is 2.11. The van der Waals surface area contributed by atoms with Crippen LogP contribution in [0, 0.1) is 0 Å². The lowest BCUT2D eigenvalue weighted by Gasteiger charge is -2.06. The first kappa shape index (κ1) is 9.26. The first-order valence-electron chi connectivity index (χ1n) is 3.81. The number of benzene rings is 1. The van der Waals surface area contributed by atoms with E-state index in [-0.39, 0.29) is 11.0 Å². The number of phenolic OH excluding ortho intramolecular Hbond substituents is 1. The minimum Gasteiger partial charge on any atom is -0.507 e. The average molecular weight is 184 g/mol. The predicted octanol–water partition coefficient (Wildman–Crippen LogP) is 1.91. The van der Waals surface area contributed by atoms with Crippen molar-refractivity contribution in [1.82, 2.24) is 0 Å². The minimum absolute atomic E-state index is 0.0401. The highest BCUT2D eigenvalue weighted by Crippen LogP contribution is 2.21. The van der Waals surface area contributed by atoms with Crippen molar-refractivity contribution in [2.24, 2.45) is 0 Å². The van der Waals surface area contributed by atoms with Crippen LogP contribution in [0.5, 0.6) is 5.75 Å². The molecular weight excluding hydrogens is 172 g/mol. The summed E-state index contributed by atoms with van der Waals surface area (Å²) < 4.78 is 11.5. The van der Waals surface area contributed by atoms with Crippen LogP contribution in [0.25, 0.3) is 0 Å². The first-order valence-corrected chi connectivity index (χ1v) is 5.03. The summed E-state index contributed by atoms with van der Waals surface area (Å²) in [6, 6.07) is 6.73. The quantitative estimate of drug-likeness (QED) is 0.762. The van der Waals surface area contributed by atoms with Gasteiger partial charge < -0.3 is 5.11 Å². The number of rotatable bonds is 2. The van der Waals surface area contributed by atoms with Gasteiger partial charge in [-0.2, -0.15) is 0 Å². The van der Waals surface area contributed by atoms with Crippen molar-refractivity contribution in [3.05, 3.63) is 24.3 Å². The summed E-state index contributed by atoms with van der Waals surface area (Å²) in [5.41, 5.74) is 0. The van der Waals surface area contributed by atoms with Crippen LogP contribution in [0.1, 0.15) is 13.8 Å². The van der Waals surface area contributed by atoms with Crippen LogP contribution < -0.4 is 0 Å². The van der Waals surface area contributed by atoms with E-state index in [2.05, 4.69) is 0 Å². The molecule has 0 unspecified atom stereocenters. The largest absolute Gasteiger partial charge is 0.507 e. The third-order valence-electron chi connectivity index (χ3n) is 1.51. The molecule has 0 aliphatic rings. The smallest absolute Gasteiger partial charge is 0.131 e. The van der Waals surface area contributed by atoms with E-state index >= 15 is 0 Å². The summed E-state index contributed by atoms with van der Waals surface area (Å²) in [6.45, 7) is 3.73. The van der Waals surface area contributed by atoms with E-state index in [9.17, 15) is 9.32 Å². The Morgan fingerprint density at radius 2 is 1.92 bits per heavy atom. The van der Waals surface area contributed by atoms with Crippen LogP contribution in [-0.2, 0) is 10.8 Å². The summed E-state index contributed by atoms with van der Waals surface area (Å²) in [6.07, 6.45) is 0. The van der Waals surface area contributed by atoms with Gasteiger partial charge in [0.1, 0.15) is 5.75 Å². The lowest BCUT2D eigenvalue weighted by molar-refractivity contribution is 0.461. The van der Waals surface area contributed by atoms with Crippen LogP contribution in [0.4, 0.5) is 0 Å². The van der Waals surface area contributed by atoms with Crippen molar-refractivity contribution < 1.29 is 9.32 Å². The number of phenols is 1. The molecule has 1 rings (SSSR count). The highest BCUT2D eigenvalue weighted by atomic mass is 32.2. The molecule has 0 radical (unpaired) electrons. The molecule has 0 heterocycles. The van der Waals surface area contributed by atoms with Gasteiger partial charge in [0.15, 0.2) is 0 Å². The van der Waals surface area contributed by atoms with E-state index in [0.717, 1.165) is 0 Å². The third-order valence-corrected chi connectivity index (χ3v) is 3.15. The molecule has 0 bridgehead atoms. The molecule has 1 atom stereocenters. The molecule has 1 N–H and O–H groups in total. The summed E-state index contributed by atoms with van der Waals surface area (Å²) >= 11 is 0. The van der Waals surface area contributed by atoms with Crippen molar-refractivity contribution in [3.8, 4) is 5.75 Å². The van der Waals surface area contributed by atoms with E-state index in [0.29, 0.717) is 4.90 Å². The second-order valence-corrected chi connectivity index (χ2v) is 4.79. The van der Waals surface area contributed by atoms with Gasteiger partial charge in [-0.15, -0.1) is 0 Å². The van der Waals surface area contributed by atoms with Crippen LogP contribution in [0.2, 0.25) is 0 Å². The maximum absolute atomic E-state index is 11.5. The van der Waals surface area contributed by atoms with Gasteiger partial charge in [-0.25, -0.2) is 0 Å². The standard InChI is InChI=1S/C9H12O2S/c1-7(2)12(11)9-6-4-3-5-8(9)10/h3-7,10H,1-2H3/t12-/m1/s1. The number of hydrogen-bond acceptors (Lipinski definition) is 2. The Balaban J connectivity index is 3.03. The first-order chi connectivity index (χ1) is 5.63. The molecule has 0 amide bonds. The summed E-state index contributed by atoms with van der Waals surface area (Å²) in [7, 11) is -1.10. The van der Waals surface area contributed by atoms with Gasteiger partial charge in [0.05, 0.1) is 15.7 Å². The zero-order chi connectivity index (χ0) is 9.14. The van der Waals surface area contributed by atoms with E-state index in [1.807, 2.05) is 13.8 Å². The van der Waals surface area contributed by atoms with Crippen molar-refractivity contribution in [1.29, 1.82) is 0 Å². The summed E-state index contributed by atoms with van der Waals surface area (Å²) in [5.74, 6) is 0.115. The van der Waals surface area contributed by atoms with Gasteiger partial charge in [0.25, 0.3) is 0 Å². The number of para-hydroxylation sites is 1. The van der Waals surface area contributed by atoms with Crippen LogP contribution in [0.3, 0.4) is 0 Å². The molecule has 0 aliphatic heterocycles. The summed E-state index contributed by atoms with van der Waals surface area (Å²) in [5, 5.41) is 9.38. The predicted molar refractivity (Wildman–Crippen MR) is 49.7 cm³/mol. The molecule has 0 spiro atoms. The van der Waals surface area contributed by atoms with E-state index in [1.54, 1.807) is 24.3 Å². The Morgan fingerprint density at radius 1 is 1.33 bits per heavy atom. The fraction of sp³-hybridized carbons (Fsp3) is 0.333. The van der Waals surface area contributed by atoms with Crippen molar-refractivity contribution in [2.75, 3.05) is 0 Å². The lowest BCUT2D eigenvalue weighted by atomic mass is 10.3. The maximum atomic E-state index is 11.5. The maximum Gasteiger partial charge on any atom is 0.131 e. The highest BCUT2D eigenvalue weighted by molar-refractivity contribution is 7.85. The molecule has 0 saturated carbocycles. The zero-order valence-corrected chi connectivity index (χ0v) is 7.97. The number of aromatic hydroxyl groups is 1. The van der Waals surface area contributed by atoms with Gasteiger partial charge in [-0.3, -0.25) is 4.21 Å². The van der Waals surface area contributed by atoms with Gasteiger partial charge in [-0.05, 0) is 12.1 Å². The molecule has 1 aromatic rings. The molecular formula is C9H12O2S. The molecule has 3 heteroatoms. The molecule has 12 heavy (non-hydrogen) atoms. The van der Waals surface area contributed by atoms with Crippen molar-refractivity contribution in [3.63, 3.8) is 0 Å². The van der Waals surface area contributed by atoms with Crippen LogP contribution in [-0.4, -0.2) is 14.6 Å². The van der Waals surface area contributed by atoms with Gasteiger partial charge >= 0.3 is 0 Å². The molecule has 0 aromatic heterocycles. The van der Waals surface area contributed by atoms with Crippen molar-refractivity contribution >= 4 is 10.8 Å². The molecule has 1 aromatic carbocycles. The Labute approximate surface area is 74.7 Å². The number of hydrogen-bond donors (Lipinski definition) is 1. The van der Waals surface area contributed by atoms with E-state index in [4.69, 9.17) is 0 Å². The molecule has 0 saturated heterocycles. The Kier molecular flexibility index (Phi) is 2.87. The monoisotopic (exact) mass is 184 g/mol. The second kappa shape index (κ2) is 3.72. The molecule has 0 fully saturated rings. The SMILES string of the molecule is CC(C)[S@@](=O)c1ccccc1O. The zero-order valence-electron chi connectivity index (χ0n) is 7.15.